The van der Waals surface area contributed by atoms with Gasteiger partial charge in [0.05, 0.1) is 12.2 Å². The van der Waals surface area contributed by atoms with Gasteiger partial charge in [0.25, 0.3) is 5.91 Å². The van der Waals surface area contributed by atoms with Crippen LogP contribution in [0.3, 0.4) is 0 Å². The van der Waals surface area contributed by atoms with Crippen molar-refractivity contribution in [2.45, 2.75) is 13.8 Å². The summed E-state index contributed by atoms with van der Waals surface area (Å²) in [6.45, 7) is 9.19. The van der Waals surface area contributed by atoms with Crippen molar-refractivity contribution in [3.05, 3.63) is 96.3 Å². The van der Waals surface area contributed by atoms with Crippen LogP contribution in [0.15, 0.2) is 84.5 Å². The summed E-state index contributed by atoms with van der Waals surface area (Å²) in [5.41, 5.74) is 7.25. The Morgan fingerprint density at radius 2 is 1.83 bits per heavy atom. The minimum absolute atomic E-state index is 0.157. The van der Waals surface area contributed by atoms with Crippen molar-refractivity contribution in [2.75, 3.05) is 37.4 Å². The lowest BCUT2D eigenvalue weighted by Crippen LogP contribution is -2.44. The van der Waals surface area contributed by atoms with E-state index in [0.717, 1.165) is 22.6 Å². The molecule has 0 radical (unpaired) electrons. The average molecular weight is 473 g/mol. The summed E-state index contributed by atoms with van der Waals surface area (Å²) in [7, 11) is 1.74. The summed E-state index contributed by atoms with van der Waals surface area (Å²) in [4.78, 5) is 34.5. The predicted octanol–water partition coefficient (Wildman–Crippen LogP) is 4.32. The summed E-state index contributed by atoms with van der Waals surface area (Å²) in [5.74, 6) is 0.339. The minimum atomic E-state index is -0.273. The zero-order chi connectivity index (χ0) is 25.2. The number of aryl methyl sites for hydroxylation is 1. The summed E-state index contributed by atoms with van der Waals surface area (Å²) in [6, 6.07) is 19.0. The Balaban J connectivity index is 1.79. The van der Waals surface area contributed by atoms with Crippen molar-refractivity contribution in [3.8, 4) is 0 Å². The lowest BCUT2D eigenvalue weighted by molar-refractivity contribution is -0.111. The number of aromatic nitrogens is 1. The Labute approximate surface area is 206 Å². The number of carbonyl (C=O) groups is 2. The smallest absolute Gasteiger partial charge is 0.288 e. The van der Waals surface area contributed by atoms with Crippen molar-refractivity contribution in [1.29, 1.82) is 0 Å². The maximum Gasteiger partial charge on any atom is 0.288 e. The third-order valence-corrected chi connectivity index (χ3v) is 5.45. The first-order valence-electron chi connectivity index (χ1n) is 11.5. The van der Waals surface area contributed by atoms with Crippen molar-refractivity contribution in [1.82, 2.24) is 14.9 Å². The van der Waals surface area contributed by atoms with Crippen molar-refractivity contribution in [3.63, 3.8) is 0 Å². The van der Waals surface area contributed by atoms with Crippen LogP contribution in [0.1, 0.15) is 28.5 Å². The van der Waals surface area contributed by atoms with E-state index < -0.39 is 0 Å². The number of anilines is 2. The van der Waals surface area contributed by atoms with Crippen LogP contribution < -0.4 is 10.7 Å². The normalized spacial score (nSPS) is 11.0. The number of rotatable bonds is 10. The van der Waals surface area contributed by atoms with E-state index in [9.17, 15) is 9.59 Å². The van der Waals surface area contributed by atoms with Gasteiger partial charge in [0, 0.05) is 37.6 Å². The van der Waals surface area contributed by atoms with E-state index in [1.54, 1.807) is 30.4 Å². The van der Waals surface area contributed by atoms with Crippen molar-refractivity contribution in [2.24, 2.45) is 4.99 Å². The molecule has 0 saturated heterocycles. The van der Waals surface area contributed by atoms with Crippen LogP contribution in [0.2, 0.25) is 0 Å². The number of hydrazine groups is 1. The van der Waals surface area contributed by atoms with Crippen molar-refractivity contribution >= 4 is 29.0 Å². The van der Waals surface area contributed by atoms with Crippen LogP contribution in [-0.2, 0) is 4.79 Å². The molecule has 0 aliphatic carbocycles. The largest absolute Gasteiger partial charge is 0.357 e. The Morgan fingerprint density at radius 3 is 2.46 bits per heavy atom. The highest BCUT2D eigenvalue weighted by Crippen LogP contribution is 2.15. The van der Waals surface area contributed by atoms with Crippen LogP contribution in [0.4, 0.5) is 11.4 Å². The first kappa shape index (κ1) is 25.3. The SMILES string of the molecule is C=CC(=O)Nc1cccc(/C(=N/C)N(CC)CCN(Nc2ccc(C)cc2)C(=O)c2ccc[nH]2)c1. The second-order valence-corrected chi connectivity index (χ2v) is 7.92. The minimum Gasteiger partial charge on any atom is -0.357 e. The highest BCUT2D eigenvalue weighted by Gasteiger charge is 2.20. The molecule has 1 heterocycles. The lowest BCUT2D eigenvalue weighted by atomic mass is 10.1. The zero-order valence-electron chi connectivity index (χ0n) is 20.4. The summed E-state index contributed by atoms with van der Waals surface area (Å²) >= 11 is 0. The van der Waals surface area contributed by atoms with Crippen LogP contribution in [0, 0.1) is 6.92 Å². The topological polar surface area (TPSA) is 92.8 Å². The van der Waals surface area contributed by atoms with Gasteiger partial charge in [-0.15, -0.1) is 0 Å². The number of hydrogen-bond acceptors (Lipinski definition) is 4. The molecule has 2 aromatic carbocycles. The van der Waals surface area contributed by atoms with E-state index in [-0.39, 0.29) is 11.8 Å². The fourth-order valence-corrected chi connectivity index (χ4v) is 3.62. The quantitative estimate of drug-likeness (QED) is 0.177. The van der Waals surface area contributed by atoms with Gasteiger partial charge < -0.3 is 15.2 Å². The molecule has 182 valence electrons. The number of likely N-dealkylation sites (N-methyl/N-ethyl adjacent to an activating group) is 1. The third-order valence-electron chi connectivity index (χ3n) is 5.45. The van der Waals surface area contributed by atoms with Gasteiger partial charge >= 0.3 is 0 Å². The molecule has 0 spiro atoms. The van der Waals surface area contributed by atoms with Gasteiger partial charge in [-0.05, 0) is 56.3 Å². The zero-order valence-corrected chi connectivity index (χ0v) is 20.4. The molecule has 0 bridgehead atoms. The summed E-state index contributed by atoms with van der Waals surface area (Å²) < 4.78 is 0. The number of aliphatic imine (C=N–C) groups is 1. The van der Waals surface area contributed by atoms with E-state index in [1.165, 1.54) is 6.08 Å². The number of aromatic amines is 1. The summed E-state index contributed by atoms with van der Waals surface area (Å²) in [5, 5.41) is 4.39. The molecule has 3 rings (SSSR count). The monoisotopic (exact) mass is 472 g/mol. The number of amides is 2. The molecule has 3 N–H and O–H groups in total. The lowest BCUT2D eigenvalue weighted by Gasteiger charge is -2.30. The summed E-state index contributed by atoms with van der Waals surface area (Å²) in [6.07, 6.45) is 2.96. The molecule has 0 saturated carbocycles. The molecule has 35 heavy (non-hydrogen) atoms. The van der Waals surface area contributed by atoms with Gasteiger partial charge in [0.2, 0.25) is 5.91 Å². The van der Waals surface area contributed by atoms with Gasteiger partial charge in [-0.25, -0.2) is 5.01 Å². The Kier molecular flexibility index (Phi) is 8.83. The Morgan fingerprint density at radius 1 is 1.06 bits per heavy atom. The molecule has 3 aromatic rings. The number of amidine groups is 1. The van der Waals surface area contributed by atoms with Crippen LogP contribution in [0.5, 0.6) is 0 Å². The van der Waals surface area contributed by atoms with Crippen LogP contribution >= 0.6 is 0 Å². The molecule has 2 amide bonds. The molecular weight excluding hydrogens is 440 g/mol. The number of benzene rings is 2. The van der Waals surface area contributed by atoms with Gasteiger partial charge in [0.1, 0.15) is 11.5 Å². The first-order chi connectivity index (χ1) is 16.9. The number of hydrogen-bond donors (Lipinski definition) is 3. The van der Waals surface area contributed by atoms with Crippen LogP contribution in [-0.4, -0.2) is 59.2 Å². The van der Waals surface area contributed by atoms with E-state index in [1.807, 2.05) is 62.4 Å². The molecule has 0 unspecified atom stereocenters. The molecule has 0 atom stereocenters. The second kappa shape index (κ2) is 12.2. The third kappa shape index (κ3) is 6.83. The van der Waals surface area contributed by atoms with E-state index >= 15 is 0 Å². The molecular formula is C27H32N6O2. The molecule has 0 aliphatic heterocycles. The molecule has 1 aromatic heterocycles. The van der Waals surface area contributed by atoms with Gasteiger partial charge in [-0.2, -0.15) is 0 Å². The molecule has 0 fully saturated rings. The number of nitrogens with zero attached hydrogens (tertiary/aromatic N) is 3. The number of H-pyrrole nitrogens is 1. The molecule has 8 nitrogen and oxygen atoms in total. The Hall–Kier alpha value is -4.33. The number of nitrogens with one attached hydrogen (secondary N) is 3. The fraction of sp³-hybridized carbons (Fsp3) is 0.222. The maximum absolute atomic E-state index is 13.2. The van der Waals surface area contributed by atoms with Gasteiger partial charge in [-0.3, -0.25) is 20.0 Å². The first-order valence-corrected chi connectivity index (χ1v) is 11.5. The predicted molar refractivity (Wildman–Crippen MR) is 142 cm³/mol. The van der Waals surface area contributed by atoms with Gasteiger partial charge in [-0.1, -0.05) is 36.4 Å². The Bertz CT molecular complexity index is 1170. The van der Waals surface area contributed by atoms with E-state index in [4.69, 9.17) is 0 Å². The van der Waals surface area contributed by atoms with E-state index in [2.05, 4.69) is 32.2 Å². The van der Waals surface area contributed by atoms with Gasteiger partial charge in [0.15, 0.2) is 0 Å². The highest BCUT2D eigenvalue weighted by molar-refractivity contribution is 6.02. The highest BCUT2D eigenvalue weighted by atomic mass is 16.2. The molecule has 0 aliphatic rings. The number of carbonyl (C=O) groups excluding carboxylic acids is 2. The van der Waals surface area contributed by atoms with E-state index in [0.29, 0.717) is 31.0 Å². The maximum atomic E-state index is 13.2. The average Bonchev–Trinajstić information content (AvgIpc) is 3.41. The fourth-order valence-electron chi connectivity index (χ4n) is 3.62. The van der Waals surface area contributed by atoms with Crippen LogP contribution in [0.25, 0.3) is 0 Å². The standard InChI is InChI=1S/C27H32N6O2/c1-5-25(34)30-23-10-7-9-21(19-23)26(28-4)32(6-2)17-18-33(27(35)24-11-8-16-29-24)31-22-14-12-20(3)13-15-22/h5,7-16,19,29,31H,1,6,17-18H2,2-4H3,(H,30,34)/b28-26-. The second-order valence-electron chi connectivity index (χ2n) is 7.92. The molecule has 8 heteroatoms. The van der Waals surface area contributed by atoms with Crippen molar-refractivity contribution < 1.29 is 9.59 Å².